The van der Waals surface area contributed by atoms with Crippen LogP contribution in [0.4, 0.5) is 5.82 Å². The molecule has 0 aromatic carbocycles. The summed E-state index contributed by atoms with van der Waals surface area (Å²) in [5, 5.41) is 1.08. The number of anilines is 1. The zero-order chi connectivity index (χ0) is 16.4. The Morgan fingerprint density at radius 3 is 2.61 bits per heavy atom. The summed E-state index contributed by atoms with van der Waals surface area (Å²) in [6, 6.07) is 1.88. The van der Waals surface area contributed by atoms with Crippen LogP contribution in [0.5, 0.6) is 0 Å². The van der Waals surface area contributed by atoms with E-state index in [-0.39, 0.29) is 17.9 Å². The van der Waals surface area contributed by atoms with Crippen molar-refractivity contribution in [3.8, 4) is 0 Å². The van der Waals surface area contributed by atoms with Gasteiger partial charge >= 0.3 is 0 Å². The Morgan fingerprint density at radius 2 is 1.96 bits per heavy atom. The van der Waals surface area contributed by atoms with Crippen LogP contribution in [0.15, 0.2) is 12.3 Å². The second-order valence-corrected chi connectivity index (χ2v) is 7.24. The number of nitrogens with zero attached hydrogens (tertiary/aromatic N) is 3. The first kappa shape index (κ1) is 16.8. The lowest BCUT2D eigenvalue weighted by molar-refractivity contribution is -0.137. The lowest BCUT2D eigenvalue weighted by Gasteiger charge is -2.38. The lowest BCUT2D eigenvalue weighted by atomic mass is 9.85. The zero-order valence-corrected chi connectivity index (χ0v) is 14.6. The van der Waals surface area contributed by atoms with E-state index in [0.717, 1.165) is 44.6 Å². The normalized spacial score (nSPS) is 25.5. The fraction of sp³-hybridized carbons (Fsp3) is 0.625. The summed E-state index contributed by atoms with van der Waals surface area (Å²) in [5.41, 5.74) is 6.01. The van der Waals surface area contributed by atoms with E-state index in [1.807, 2.05) is 4.90 Å². The maximum Gasteiger partial charge on any atom is 0.225 e. The van der Waals surface area contributed by atoms with Crippen molar-refractivity contribution in [1.29, 1.82) is 0 Å². The van der Waals surface area contributed by atoms with Gasteiger partial charge < -0.3 is 15.5 Å². The molecule has 0 bridgehead atoms. The first-order chi connectivity index (χ1) is 11.0. The first-order valence-electron chi connectivity index (χ1n) is 8.15. The van der Waals surface area contributed by atoms with Crippen molar-refractivity contribution in [3.63, 3.8) is 0 Å². The minimum Gasteiger partial charge on any atom is -0.352 e. The molecule has 23 heavy (non-hydrogen) atoms. The largest absolute Gasteiger partial charge is 0.352 e. The van der Waals surface area contributed by atoms with Crippen LogP contribution in [0.2, 0.25) is 10.0 Å². The van der Waals surface area contributed by atoms with Crippen LogP contribution in [-0.4, -0.2) is 48.0 Å². The Hall–Kier alpha value is -1.04. The Labute approximate surface area is 146 Å². The number of hydrogen-bond donors (Lipinski definition) is 1. The van der Waals surface area contributed by atoms with Gasteiger partial charge in [0.2, 0.25) is 5.91 Å². The average Bonchev–Trinajstić information content (AvgIpc) is 2.54. The highest BCUT2D eigenvalue weighted by molar-refractivity contribution is 6.36. The number of piperazine rings is 1. The molecule has 1 aromatic heterocycles. The highest BCUT2D eigenvalue weighted by atomic mass is 35.5. The molecule has 7 heteroatoms. The molecule has 2 atom stereocenters. The van der Waals surface area contributed by atoms with Gasteiger partial charge in [-0.1, -0.05) is 29.6 Å². The molecule has 2 unspecified atom stereocenters. The van der Waals surface area contributed by atoms with E-state index >= 15 is 0 Å². The molecule has 1 saturated heterocycles. The van der Waals surface area contributed by atoms with Crippen LogP contribution in [-0.2, 0) is 4.79 Å². The molecule has 3 rings (SSSR count). The lowest BCUT2D eigenvalue weighted by Crippen LogP contribution is -2.51. The fourth-order valence-electron chi connectivity index (χ4n) is 3.49. The minimum atomic E-state index is 0.0996. The predicted octanol–water partition coefficient (Wildman–Crippen LogP) is 2.55. The third-order valence-corrected chi connectivity index (χ3v) is 5.23. The summed E-state index contributed by atoms with van der Waals surface area (Å²) in [4.78, 5) is 21.0. The number of halogens is 2. The second kappa shape index (κ2) is 7.24. The molecular formula is C16H22Cl2N4O. The molecule has 2 N–H and O–H groups in total. The number of carbonyl (C=O) groups is 1. The highest BCUT2D eigenvalue weighted by Gasteiger charge is 2.31. The maximum atomic E-state index is 12.6. The summed E-state index contributed by atoms with van der Waals surface area (Å²) in [5.74, 6) is 1.10. The molecule has 1 aromatic rings. The van der Waals surface area contributed by atoms with E-state index in [4.69, 9.17) is 28.9 Å². The van der Waals surface area contributed by atoms with E-state index in [9.17, 15) is 4.79 Å². The Bertz CT molecular complexity index is 575. The van der Waals surface area contributed by atoms with Gasteiger partial charge in [0.1, 0.15) is 5.82 Å². The van der Waals surface area contributed by atoms with Crippen LogP contribution in [0, 0.1) is 5.92 Å². The van der Waals surface area contributed by atoms with Crippen LogP contribution in [0.1, 0.15) is 25.7 Å². The van der Waals surface area contributed by atoms with Crippen molar-refractivity contribution in [1.82, 2.24) is 9.88 Å². The Morgan fingerprint density at radius 1 is 1.22 bits per heavy atom. The third-order valence-electron chi connectivity index (χ3n) is 4.74. The molecule has 1 saturated carbocycles. The number of carbonyl (C=O) groups excluding carboxylic acids is 1. The molecule has 1 aliphatic heterocycles. The molecule has 2 aliphatic rings. The summed E-state index contributed by atoms with van der Waals surface area (Å²) in [7, 11) is 0. The van der Waals surface area contributed by atoms with Crippen LogP contribution in [0.3, 0.4) is 0 Å². The van der Waals surface area contributed by atoms with Crippen LogP contribution >= 0.6 is 23.2 Å². The predicted molar refractivity (Wildman–Crippen MR) is 93.0 cm³/mol. The number of pyridine rings is 1. The van der Waals surface area contributed by atoms with Gasteiger partial charge in [-0.15, -0.1) is 0 Å². The maximum absolute atomic E-state index is 12.6. The van der Waals surface area contributed by atoms with Crippen LogP contribution < -0.4 is 10.6 Å². The molecule has 2 heterocycles. The van der Waals surface area contributed by atoms with Gasteiger partial charge in [-0.25, -0.2) is 4.98 Å². The van der Waals surface area contributed by atoms with Gasteiger partial charge in [-0.05, 0) is 25.3 Å². The number of hydrogen-bond acceptors (Lipinski definition) is 4. The summed E-state index contributed by atoms with van der Waals surface area (Å²) < 4.78 is 0. The third kappa shape index (κ3) is 3.90. The smallest absolute Gasteiger partial charge is 0.225 e. The molecule has 0 radical (unpaired) electrons. The standard InChI is InChI=1S/C16H22Cl2N4O/c17-12-9-14(18)15(20-10-12)21-4-6-22(7-5-21)16(23)11-2-1-3-13(19)8-11/h9-11,13H,1-8,19H2. The summed E-state index contributed by atoms with van der Waals surface area (Å²) in [6.07, 6.45) is 5.49. The average molecular weight is 357 g/mol. The molecule has 1 amide bonds. The van der Waals surface area contributed by atoms with E-state index in [0.29, 0.717) is 23.1 Å². The van der Waals surface area contributed by atoms with Crippen molar-refractivity contribution < 1.29 is 4.79 Å². The molecular weight excluding hydrogens is 335 g/mol. The Balaban J connectivity index is 1.58. The van der Waals surface area contributed by atoms with E-state index in [1.54, 1.807) is 12.3 Å². The number of aromatic nitrogens is 1. The van der Waals surface area contributed by atoms with Gasteiger partial charge in [0, 0.05) is 44.3 Å². The fourth-order valence-corrected chi connectivity index (χ4v) is 3.99. The summed E-state index contributed by atoms with van der Waals surface area (Å²) >= 11 is 12.1. The molecule has 0 spiro atoms. The SMILES string of the molecule is NC1CCCC(C(=O)N2CCN(c3ncc(Cl)cc3Cl)CC2)C1. The molecule has 1 aliphatic carbocycles. The number of amides is 1. The van der Waals surface area contributed by atoms with Crippen molar-refractivity contribution in [2.75, 3.05) is 31.1 Å². The Kier molecular flexibility index (Phi) is 5.29. The second-order valence-electron chi connectivity index (χ2n) is 6.39. The molecule has 126 valence electrons. The van der Waals surface area contributed by atoms with Gasteiger partial charge in [0.05, 0.1) is 10.0 Å². The minimum absolute atomic E-state index is 0.0996. The van der Waals surface area contributed by atoms with E-state index < -0.39 is 0 Å². The quantitative estimate of drug-likeness (QED) is 0.884. The van der Waals surface area contributed by atoms with Crippen molar-refractivity contribution in [2.24, 2.45) is 11.7 Å². The van der Waals surface area contributed by atoms with Crippen LogP contribution in [0.25, 0.3) is 0 Å². The number of rotatable bonds is 2. The van der Waals surface area contributed by atoms with Gasteiger partial charge in [0.25, 0.3) is 0 Å². The van der Waals surface area contributed by atoms with Crippen molar-refractivity contribution >= 4 is 34.9 Å². The number of nitrogens with two attached hydrogens (primary N) is 1. The van der Waals surface area contributed by atoms with E-state index in [1.165, 1.54) is 0 Å². The van der Waals surface area contributed by atoms with Crippen molar-refractivity contribution in [2.45, 2.75) is 31.7 Å². The van der Waals surface area contributed by atoms with Crippen molar-refractivity contribution in [3.05, 3.63) is 22.3 Å². The first-order valence-corrected chi connectivity index (χ1v) is 8.90. The molecule has 2 fully saturated rings. The van der Waals surface area contributed by atoms with Gasteiger partial charge in [-0.3, -0.25) is 4.79 Å². The topological polar surface area (TPSA) is 62.5 Å². The zero-order valence-electron chi connectivity index (χ0n) is 13.0. The van der Waals surface area contributed by atoms with E-state index in [2.05, 4.69) is 9.88 Å². The van der Waals surface area contributed by atoms with Gasteiger partial charge in [-0.2, -0.15) is 0 Å². The molecule has 5 nitrogen and oxygen atoms in total. The monoisotopic (exact) mass is 356 g/mol. The highest BCUT2D eigenvalue weighted by Crippen LogP contribution is 2.28. The van der Waals surface area contributed by atoms with Gasteiger partial charge in [0.15, 0.2) is 0 Å². The summed E-state index contributed by atoms with van der Waals surface area (Å²) in [6.45, 7) is 2.87.